The van der Waals surface area contributed by atoms with E-state index in [1.807, 2.05) is 25.1 Å². The third kappa shape index (κ3) is 3.21. The van der Waals surface area contributed by atoms with Crippen LogP contribution < -0.4 is 11.3 Å². The molecule has 0 aromatic heterocycles. The van der Waals surface area contributed by atoms with Gasteiger partial charge in [0.1, 0.15) is 0 Å². The van der Waals surface area contributed by atoms with Crippen LogP contribution in [0.3, 0.4) is 0 Å². The average molecular weight is 241 g/mol. The molecule has 0 radical (unpaired) electrons. The smallest absolute Gasteiger partial charge is 0.0483 e. The summed E-state index contributed by atoms with van der Waals surface area (Å²) in [4.78, 5) is 0. The lowest BCUT2D eigenvalue weighted by Gasteiger charge is -2.21. The summed E-state index contributed by atoms with van der Waals surface area (Å²) < 4.78 is 0. The topological polar surface area (TPSA) is 38.0 Å². The van der Waals surface area contributed by atoms with Crippen molar-refractivity contribution in [3.8, 4) is 0 Å². The highest BCUT2D eigenvalue weighted by atomic mass is 35.5. The zero-order valence-electron chi connectivity index (χ0n) is 10.3. The van der Waals surface area contributed by atoms with Crippen LogP contribution in [-0.4, -0.2) is 0 Å². The molecule has 3 N–H and O–H groups in total. The SMILES string of the molecule is CCC(C)CC(NN)c1cccc(C)c1Cl. The minimum Gasteiger partial charge on any atom is -0.271 e. The number of hydrogen-bond donors (Lipinski definition) is 2. The van der Waals surface area contributed by atoms with Gasteiger partial charge in [0.15, 0.2) is 0 Å². The van der Waals surface area contributed by atoms with Gasteiger partial charge >= 0.3 is 0 Å². The average Bonchev–Trinajstić information content (AvgIpc) is 2.29. The lowest BCUT2D eigenvalue weighted by molar-refractivity contribution is 0.408. The number of nitrogens with two attached hydrogens (primary N) is 1. The third-order valence-electron chi connectivity index (χ3n) is 3.13. The van der Waals surface area contributed by atoms with Crippen molar-refractivity contribution < 1.29 is 0 Å². The van der Waals surface area contributed by atoms with Crippen LogP contribution in [0.25, 0.3) is 0 Å². The molecule has 0 bridgehead atoms. The molecule has 0 spiro atoms. The summed E-state index contributed by atoms with van der Waals surface area (Å²) in [6.45, 7) is 6.44. The van der Waals surface area contributed by atoms with E-state index in [1.165, 1.54) is 0 Å². The van der Waals surface area contributed by atoms with E-state index >= 15 is 0 Å². The van der Waals surface area contributed by atoms with Crippen molar-refractivity contribution in [2.75, 3.05) is 0 Å². The van der Waals surface area contributed by atoms with Crippen molar-refractivity contribution in [3.63, 3.8) is 0 Å². The van der Waals surface area contributed by atoms with E-state index in [0.29, 0.717) is 5.92 Å². The van der Waals surface area contributed by atoms with E-state index in [2.05, 4.69) is 19.3 Å². The second-order valence-corrected chi connectivity index (χ2v) is 4.82. The highest BCUT2D eigenvalue weighted by molar-refractivity contribution is 6.32. The molecule has 0 fully saturated rings. The summed E-state index contributed by atoms with van der Waals surface area (Å²) in [6.07, 6.45) is 2.16. The Balaban J connectivity index is 2.90. The molecule has 0 aliphatic rings. The van der Waals surface area contributed by atoms with Gasteiger partial charge in [-0.15, -0.1) is 0 Å². The van der Waals surface area contributed by atoms with Crippen LogP contribution in [0.15, 0.2) is 18.2 Å². The number of benzene rings is 1. The quantitative estimate of drug-likeness (QED) is 0.610. The van der Waals surface area contributed by atoms with Gasteiger partial charge < -0.3 is 0 Å². The lowest BCUT2D eigenvalue weighted by atomic mass is 9.94. The van der Waals surface area contributed by atoms with Crippen LogP contribution in [0.1, 0.15) is 43.9 Å². The maximum atomic E-state index is 6.30. The van der Waals surface area contributed by atoms with Gasteiger partial charge in [0, 0.05) is 11.1 Å². The predicted molar refractivity (Wildman–Crippen MR) is 70.3 cm³/mol. The summed E-state index contributed by atoms with van der Waals surface area (Å²) >= 11 is 6.30. The Morgan fingerprint density at radius 3 is 2.69 bits per heavy atom. The molecular formula is C13H21ClN2. The maximum Gasteiger partial charge on any atom is 0.0483 e. The van der Waals surface area contributed by atoms with Crippen molar-refractivity contribution in [1.29, 1.82) is 0 Å². The second-order valence-electron chi connectivity index (χ2n) is 4.45. The first kappa shape index (κ1) is 13.5. The molecule has 0 heterocycles. The minimum absolute atomic E-state index is 0.141. The summed E-state index contributed by atoms with van der Waals surface area (Å²) in [6, 6.07) is 6.23. The molecule has 0 aliphatic heterocycles. The van der Waals surface area contributed by atoms with Crippen molar-refractivity contribution in [2.45, 2.75) is 39.7 Å². The van der Waals surface area contributed by atoms with Crippen LogP contribution in [0.2, 0.25) is 5.02 Å². The fourth-order valence-corrected chi connectivity index (χ4v) is 2.05. The number of halogens is 1. The molecule has 1 aromatic carbocycles. The molecule has 16 heavy (non-hydrogen) atoms. The van der Waals surface area contributed by atoms with E-state index in [1.54, 1.807) is 0 Å². The zero-order valence-corrected chi connectivity index (χ0v) is 11.0. The molecule has 1 rings (SSSR count). The van der Waals surface area contributed by atoms with Crippen molar-refractivity contribution >= 4 is 11.6 Å². The van der Waals surface area contributed by atoms with E-state index in [4.69, 9.17) is 17.4 Å². The van der Waals surface area contributed by atoms with Crippen LogP contribution in [0.5, 0.6) is 0 Å². The fourth-order valence-electron chi connectivity index (χ4n) is 1.79. The highest BCUT2D eigenvalue weighted by Gasteiger charge is 2.16. The number of nitrogens with one attached hydrogen (secondary N) is 1. The Labute approximate surface area is 103 Å². The zero-order chi connectivity index (χ0) is 12.1. The molecule has 0 amide bonds. The van der Waals surface area contributed by atoms with Gasteiger partial charge in [-0.25, -0.2) is 0 Å². The van der Waals surface area contributed by atoms with Gasteiger partial charge in [0.25, 0.3) is 0 Å². The first-order chi connectivity index (χ1) is 7.60. The van der Waals surface area contributed by atoms with Crippen molar-refractivity contribution in [3.05, 3.63) is 34.3 Å². The predicted octanol–water partition coefficient (Wildman–Crippen LogP) is 3.59. The monoisotopic (exact) mass is 240 g/mol. The number of rotatable bonds is 5. The molecule has 1 aromatic rings. The van der Waals surface area contributed by atoms with Crippen LogP contribution >= 0.6 is 11.6 Å². The molecule has 0 aliphatic carbocycles. The van der Waals surface area contributed by atoms with Crippen LogP contribution in [0, 0.1) is 12.8 Å². The van der Waals surface area contributed by atoms with Crippen LogP contribution in [0.4, 0.5) is 0 Å². The van der Waals surface area contributed by atoms with Crippen molar-refractivity contribution in [1.82, 2.24) is 5.43 Å². The fraction of sp³-hybridized carbons (Fsp3) is 0.538. The first-order valence-electron chi connectivity index (χ1n) is 5.81. The number of hydrazine groups is 1. The van der Waals surface area contributed by atoms with E-state index < -0.39 is 0 Å². The maximum absolute atomic E-state index is 6.30. The Bertz CT molecular complexity index is 339. The summed E-state index contributed by atoms with van der Waals surface area (Å²) in [5.41, 5.74) is 5.07. The van der Waals surface area contributed by atoms with Gasteiger partial charge in [-0.05, 0) is 30.4 Å². The van der Waals surface area contributed by atoms with Gasteiger partial charge in [-0.1, -0.05) is 50.1 Å². The summed E-state index contributed by atoms with van der Waals surface area (Å²) in [5, 5.41) is 0.828. The Morgan fingerprint density at radius 2 is 2.12 bits per heavy atom. The van der Waals surface area contributed by atoms with E-state index in [9.17, 15) is 0 Å². The standard InChI is InChI=1S/C13H21ClN2/c1-4-9(2)8-12(16-15)11-7-5-6-10(3)13(11)14/h5-7,9,12,16H,4,8,15H2,1-3H3. The van der Waals surface area contributed by atoms with Gasteiger partial charge in [-0.3, -0.25) is 11.3 Å². The summed E-state index contributed by atoms with van der Waals surface area (Å²) in [5.74, 6) is 6.25. The van der Waals surface area contributed by atoms with E-state index in [0.717, 1.165) is 29.0 Å². The highest BCUT2D eigenvalue weighted by Crippen LogP contribution is 2.30. The molecule has 2 nitrogen and oxygen atoms in total. The Kier molecular flexibility index (Phi) is 5.26. The van der Waals surface area contributed by atoms with Crippen LogP contribution in [-0.2, 0) is 0 Å². The normalized spacial score (nSPS) is 14.8. The molecule has 2 atom stereocenters. The number of hydrogen-bond acceptors (Lipinski definition) is 2. The van der Waals surface area contributed by atoms with Gasteiger partial charge in [0.05, 0.1) is 0 Å². The third-order valence-corrected chi connectivity index (χ3v) is 3.65. The van der Waals surface area contributed by atoms with E-state index in [-0.39, 0.29) is 6.04 Å². The largest absolute Gasteiger partial charge is 0.271 e. The lowest BCUT2D eigenvalue weighted by Crippen LogP contribution is -2.29. The first-order valence-corrected chi connectivity index (χ1v) is 6.19. The van der Waals surface area contributed by atoms with Gasteiger partial charge in [0.2, 0.25) is 0 Å². The molecule has 2 unspecified atom stereocenters. The second kappa shape index (κ2) is 6.24. The minimum atomic E-state index is 0.141. The molecular weight excluding hydrogens is 220 g/mol. The number of aryl methyl sites for hydroxylation is 1. The Hall–Kier alpha value is -0.570. The molecule has 0 saturated carbocycles. The summed E-state index contributed by atoms with van der Waals surface area (Å²) in [7, 11) is 0. The Morgan fingerprint density at radius 1 is 1.44 bits per heavy atom. The molecule has 0 saturated heterocycles. The van der Waals surface area contributed by atoms with Crippen molar-refractivity contribution in [2.24, 2.45) is 11.8 Å². The molecule has 3 heteroatoms. The van der Waals surface area contributed by atoms with Gasteiger partial charge in [-0.2, -0.15) is 0 Å². The molecule has 90 valence electrons.